The number of thioether (sulfide) groups is 1. The maximum Gasteiger partial charge on any atom is 0.355 e. The van der Waals surface area contributed by atoms with E-state index in [1.807, 2.05) is 60.7 Å². The number of carbonyl (C=O) groups excluding carboxylic acids is 3. The van der Waals surface area contributed by atoms with Crippen LogP contribution in [0.1, 0.15) is 30.4 Å². The topological polar surface area (TPSA) is 72.9 Å². The number of carbonyl (C=O) groups is 3. The molecule has 2 unspecified atom stereocenters. The van der Waals surface area contributed by atoms with Crippen LogP contribution in [0.25, 0.3) is 0 Å². The number of β-lactam (4-membered cyclic amide) rings is 1. The third kappa shape index (κ3) is 5.41. The summed E-state index contributed by atoms with van der Waals surface area (Å²) in [5.41, 5.74) is 2.91. The van der Waals surface area contributed by atoms with Crippen LogP contribution >= 0.6 is 11.8 Å². The number of hydrogen-bond acceptors (Lipinski definition) is 6. The van der Waals surface area contributed by atoms with Gasteiger partial charge in [-0.1, -0.05) is 54.6 Å². The summed E-state index contributed by atoms with van der Waals surface area (Å²) in [5.74, 6) is 0.819. The minimum absolute atomic E-state index is 0.0341. The second-order valence-corrected chi connectivity index (χ2v) is 10.5. The van der Waals surface area contributed by atoms with Gasteiger partial charge < -0.3 is 9.47 Å². The Morgan fingerprint density at radius 1 is 1.06 bits per heavy atom. The molecule has 5 rings (SSSR count). The molecule has 0 aromatic heterocycles. The van der Waals surface area contributed by atoms with Gasteiger partial charge in [-0.25, -0.2) is 4.79 Å². The number of amides is 1. The molecular formula is C29H29NO5S. The minimum atomic E-state index is -0.506. The third-order valence-electron chi connectivity index (χ3n) is 6.71. The lowest BCUT2D eigenvalue weighted by molar-refractivity contribution is -0.156. The molecule has 1 saturated carbocycles. The van der Waals surface area contributed by atoms with Gasteiger partial charge in [-0.15, -0.1) is 11.8 Å². The number of ketones is 1. The smallest absolute Gasteiger partial charge is 0.355 e. The van der Waals surface area contributed by atoms with Crippen LogP contribution in [-0.4, -0.2) is 40.8 Å². The van der Waals surface area contributed by atoms with Crippen molar-refractivity contribution in [3.63, 3.8) is 0 Å². The molecule has 6 nitrogen and oxygen atoms in total. The zero-order valence-electron chi connectivity index (χ0n) is 20.2. The fourth-order valence-corrected chi connectivity index (χ4v) is 5.90. The van der Waals surface area contributed by atoms with E-state index in [4.69, 9.17) is 9.47 Å². The number of Topliss-reactive ketones (excluding diaryl/α,β-unsaturated/α-hetero) is 1. The summed E-state index contributed by atoms with van der Waals surface area (Å²) in [6.07, 6.45) is 6.91. The van der Waals surface area contributed by atoms with Gasteiger partial charge in [-0.2, -0.15) is 0 Å². The van der Waals surface area contributed by atoms with Crippen molar-refractivity contribution in [1.29, 1.82) is 0 Å². The van der Waals surface area contributed by atoms with E-state index in [2.05, 4.69) is 6.08 Å². The van der Waals surface area contributed by atoms with Gasteiger partial charge in [0.05, 0.1) is 18.4 Å². The Hall–Kier alpha value is -3.32. The van der Waals surface area contributed by atoms with Crippen molar-refractivity contribution >= 4 is 29.4 Å². The molecule has 3 aliphatic rings. The average molecular weight is 504 g/mol. The lowest BCUT2D eigenvalue weighted by atomic mass is 9.89. The first-order valence-electron chi connectivity index (χ1n) is 12.2. The summed E-state index contributed by atoms with van der Waals surface area (Å²) in [4.78, 5) is 40.7. The number of nitrogens with zero attached hydrogens (tertiary/aromatic N) is 1. The van der Waals surface area contributed by atoms with E-state index in [0.717, 1.165) is 35.3 Å². The van der Waals surface area contributed by atoms with Gasteiger partial charge in [0.25, 0.3) is 0 Å². The zero-order valence-corrected chi connectivity index (χ0v) is 21.0. The van der Waals surface area contributed by atoms with Gasteiger partial charge in [-0.3, -0.25) is 14.5 Å². The maximum atomic E-state index is 13.3. The molecule has 186 valence electrons. The number of benzene rings is 2. The molecule has 0 radical (unpaired) electrons. The highest BCUT2D eigenvalue weighted by atomic mass is 32.2. The third-order valence-corrected chi connectivity index (χ3v) is 8.07. The molecule has 2 fully saturated rings. The summed E-state index contributed by atoms with van der Waals surface area (Å²) >= 11 is 1.62. The van der Waals surface area contributed by atoms with E-state index in [9.17, 15) is 14.4 Å². The Kier molecular flexibility index (Phi) is 7.28. The first-order chi connectivity index (χ1) is 17.5. The molecule has 1 aliphatic carbocycles. The molecule has 2 atom stereocenters. The Morgan fingerprint density at radius 3 is 2.50 bits per heavy atom. The minimum Gasteiger partial charge on any atom is -0.497 e. The highest BCUT2D eigenvalue weighted by molar-refractivity contribution is 8.00. The molecule has 0 bridgehead atoms. The standard InChI is InChI=1S/C29H29NO5S/c1-34-24-13-10-21(11-14-24)17-35-29(33)26-22(12-9-19-7-8-19)18-36-28-25(27(32)30(26)28)16-23(31)15-20-5-3-2-4-6-20/h2-6,9-14,19,25,28H,7-8,15-18H2,1H3/b12-9+. The van der Waals surface area contributed by atoms with E-state index in [1.54, 1.807) is 23.8 Å². The number of methoxy groups -OCH3 is 1. The normalized spacial score (nSPS) is 21.2. The number of hydrogen-bond donors (Lipinski definition) is 0. The van der Waals surface area contributed by atoms with Gasteiger partial charge in [0.2, 0.25) is 5.91 Å². The van der Waals surface area contributed by atoms with Gasteiger partial charge in [0.1, 0.15) is 23.8 Å². The number of fused-ring (bicyclic) bond motifs is 1. The molecule has 2 aromatic carbocycles. The molecule has 1 amide bonds. The van der Waals surface area contributed by atoms with Gasteiger partial charge in [0, 0.05) is 18.6 Å². The number of esters is 1. The van der Waals surface area contributed by atoms with Crippen LogP contribution in [0.5, 0.6) is 5.75 Å². The highest BCUT2D eigenvalue weighted by Gasteiger charge is 2.53. The van der Waals surface area contributed by atoms with E-state index in [-0.39, 0.29) is 30.1 Å². The van der Waals surface area contributed by atoms with Crippen molar-refractivity contribution in [3.8, 4) is 5.75 Å². The first kappa shape index (κ1) is 24.4. The van der Waals surface area contributed by atoms with E-state index >= 15 is 0 Å². The van der Waals surface area contributed by atoms with Crippen molar-refractivity contribution in [3.05, 3.63) is 89.1 Å². The summed E-state index contributed by atoms with van der Waals surface area (Å²) in [5, 5.41) is -0.223. The largest absolute Gasteiger partial charge is 0.497 e. The molecule has 1 saturated heterocycles. The van der Waals surface area contributed by atoms with E-state index in [0.29, 0.717) is 23.8 Å². The van der Waals surface area contributed by atoms with Crippen LogP contribution in [0.3, 0.4) is 0 Å². The number of allylic oxidation sites excluding steroid dienone is 2. The Morgan fingerprint density at radius 2 is 1.81 bits per heavy atom. The molecule has 2 aromatic rings. The Bertz CT molecular complexity index is 1200. The summed E-state index contributed by atoms with van der Waals surface area (Å²) in [6.45, 7) is 0.102. The molecule has 2 heterocycles. The number of ether oxygens (including phenoxy) is 2. The predicted molar refractivity (Wildman–Crippen MR) is 138 cm³/mol. The maximum absolute atomic E-state index is 13.3. The Labute approximate surface area is 215 Å². The van der Waals surface area contributed by atoms with Gasteiger partial charge in [0.15, 0.2) is 0 Å². The molecule has 7 heteroatoms. The molecule has 0 spiro atoms. The first-order valence-corrected chi connectivity index (χ1v) is 13.3. The molecule has 2 aliphatic heterocycles. The highest BCUT2D eigenvalue weighted by Crippen LogP contribution is 2.46. The zero-order chi connectivity index (χ0) is 25.1. The van der Waals surface area contributed by atoms with E-state index in [1.165, 1.54) is 0 Å². The number of rotatable bonds is 10. The molecule has 36 heavy (non-hydrogen) atoms. The van der Waals surface area contributed by atoms with Crippen molar-refractivity contribution in [2.24, 2.45) is 11.8 Å². The lowest BCUT2D eigenvalue weighted by Crippen LogP contribution is -2.61. The van der Waals surface area contributed by atoms with Crippen LogP contribution in [0, 0.1) is 11.8 Å². The van der Waals surface area contributed by atoms with Crippen molar-refractivity contribution in [2.75, 3.05) is 12.9 Å². The van der Waals surface area contributed by atoms with Crippen LogP contribution in [0.15, 0.2) is 78.0 Å². The lowest BCUT2D eigenvalue weighted by Gasteiger charge is -2.49. The predicted octanol–water partition coefficient (Wildman–Crippen LogP) is 4.69. The van der Waals surface area contributed by atoms with Gasteiger partial charge in [-0.05, 0) is 47.6 Å². The van der Waals surface area contributed by atoms with Crippen molar-refractivity contribution < 1.29 is 23.9 Å². The van der Waals surface area contributed by atoms with Crippen LogP contribution in [0.4, 0.5) is 0 Å². The second-order valence-electron chi connectivity index (χ2n) is 9.42. The summed E-state index contributed by atoms with van der Waals surface area (Å²) in [6, 6.07) is 16.9. The fraction of sp³-hybridized carbons (Fsp3) is 0.345. The summed E-state index contributed by atoms with van der Waals surface area (Å²) in [7, 11) is 1.60. The van der Waals surface area contributed by atoms with Crippen LogP contribution in [-0.2, 0) is 32.1 Å². The van der Waals surface area contributed by atoms with Crippen molar-refractivity contribution in [1.82, 2.24) is 4.90 Å². The molecular weight excluding hydrogens is 474 g/mol. The average Bonchev–Trinajstić information content (AvgIpc) is 3.74. The van der Waals surface area contributed by atoms with Crippen LogP contribution < -0.4 is 4.74 Å². The SMILES string of the molecule is COc1ccc(COC(=O)C2=C(/C=C/C3CC3)CSC3C(CC(=O)Cc4ccccc4)C(=O)N23)cc1. The van der Waals surface area contributed by atoms with E-state index < -0.39 is 11.9 Å². The molecule has 0 N–H and O–H groups in total. The Balaban J connectivity index is 1.29. The van der Waals surface area contributed by atoms with Gasteiger partial charge >= 0.3 is 5.97 Å². The van der Waals surface area contributed by atoms with Crippen LogP contribution in [0.2, 0.25) is 0 Å². The monoisotopic (exact) mass is 503 g/mol. The van der Waals surface area contributed by atoms with Crippen molar-refractivity contribution in [2.45, 2.75) is 37.7 Å². The second kappa shape index (κ2) is 10.7. The fourth-order valence-electron chi connectivity index (χ4n) is 4.52. The summed E-state index contributed by atoms with van der Waals surface area (Å²) < 4.78 is 10.8. The quantitative estimate of drug-likeness (QED) is 0.346.